The molecule has 0 atom stereocenters. The maximum atomic E-state index is 13.7. The molecule has 2 fully saturated rings. The van der Waals surface area contributed by atoms with Crippen LogP contribution in [0.5, 0.6) is 0 Å². The standard InChI is InChI=1S/C20H23F2N5O3/c1-25-18(12-6-8-26(9-7-12)19(29)13-2-3-13)24-27(20(25)30)11-17(28)23-16-5-4-14(21)10-15(16)22/h4-5,10,12-13H,2-3,6-9,11H2,1H3,(H,23,28). The molecule has 30 heavy (non-hydrogen) atoms. The van der Waals surface area contributed by atoms with E-state index in [1.165, 1.54) is 4.57 Å². The number of piperidine rings is 1. The molecular weight excluding hydrogens is 396 g/mol. The number of benzene rings is 1. The number of halogens is 2. The lowest BCUT2D eigenvalue weighted by atomic mass is 9.95. The Labute approximate surface area is 171 Å². The van der Waals surface area contributed by atoms with Crippen molar-refractivity contribution in [1.82, 2.24) is 19.2 Å². The molecule has 2 aromatic rings. The van der Waals surface area contributed by atoms with Gasteiger partial charge in [0, 0.05) is 38.0 Å². The number of carbonyl (C=O) groups excluding carboxylic acids is 2. The van der Waals surface area contributed by atoms with Crippen molar-refractivity contribution >= 4 is 17.5 Å². The molecule has 1 aromatic carbocycles. The summed E-state index contributed by atoms with van der Waals surface area (Å²) in [7, 11) is 1.60. The van der Waals surface area contributed by atoms with Crippen LogP contribution in [0, 0.1) is 17.6 Å². The Hall–Kier alpha value is -3.04. The summed E-state index contributed by atoms with van der Waals surface area (Å²) in [6.45, 7) is 0.874. The zero-order chi connectivity index (χ0) is 21.4. The third-order valence-electron chi connectivity index (χ3n) is 5.67. The third kappa shape index (κ3) is 4.12. The van der Waals surface area contributed by atoms with E-state index in [4.69, 9.17) is 0 Å². The van der Waals surface area contributed by atoms with Gasteiger partial charge in [-0.3, -0.25) is 14.2 Å². The molecule has 0 unspecified atom stereocenters. The van der Waals surface area contributed by atoms with Crippen LogP contribution in [0.25, 0.3) is 0 Å². The number of hydrogen-bond donors (Lipinski definition) is 1. The van der Waals surface area contributed by atoms with Crippen LogP contribution in [0.2, 0.25) is 0 Å². The fraction of sp³-hybridized carbons (Fsp3) is 0.500. The highest BCUT2D eigenvalue weighted by atomic mass is 19.1. The summed E-state index contributed by atoms with van der Waals surface area (Å²) >= 11 is 0. The van der Waals surface area contributed by atoms with Crippen molar-refractivity contribution < 1.29 is 18.4 Å². The van der Waals surface area contributed by atoms with E-state index < -0.39 is 23.2 Å². The van der Waals surface area contributed by atoms with Gasteiger partial charge in [0.15, 0.2) is 0 Å². The summed E-state index contributed by atoms with van der Waals surface area (Å²) in [5.41, 5.74) is -0.616. The van der Waals surface area contributed by atoms with E-state index in [2.05, 4.69) is 10.4 Å². The Morgan fingerprint density at radius 1 is 1.17 bits per heavy atom. The molecule has 2 amide bonds. The molecule has 1 aliphatic carbocycles. The highest BCUT2D eigenvalue weighted by Gasteiger charge is 2.36. The first-order chi connectivity index (χ1) is 14.3. The van der Waals surface area contributed by atoms with E-state index in [0.717, 1.165) is 29.7 Å². The summed E-state index contributed by atoms with van der Waals surface area (Å²) in [5.74, 6) is -1.29. The molecule has 160 valence electrons. The Balaban J connectivity index is 1.41. The van der Waals surface area contributed by atoms with Gasteiger partial charge in [-0.05, 0) is 37.8 Å². The van der Waals surface area contributed by atoms with Gasteiger partial charge in [0.2, 0.25) is 11.8 Å². The average Bonchev–Trinajstić information content (AvgIpc) is 3.53. The quantitative estimate of drug-likeness (QED) is 0.798. The summed E-state index contributed by atoms with van der Waals surface area (Å²) < 4.78 is 29.1. The molecule has 1 saturated heterocycles. The van der Waals surface area contributed by atoms with Crippen molar-refractivity contribution in [3.05, 3.63) is 46.1 Å². The van der Waals surface area contributed by atoms with Crippen LogP contribution in [0.4, 0.5) is 14.5 Å². The number of carbonyl (C=O) groups is 2. The normalized spacial score (nSPS) is 17.2. The number of rotatable bonds is 5. The first kappa shape index (κ1) is 20.2. The van der Waals surface area contributed by atoms with Crippen LogP contribution in [0.15, 0.2) is 23.0 Å². The fourth-order valence-corrected chi connectivity index (χ4v) is 3.83. The molecule has 10 heteroatoms. The van der Waals surface area contributed by atoms with Gasteiger partial charge in [-0.1, -0.05) is 0 Å². The van der Waals surface area contributed by atoms with Crippen LogP contribution in [-0.2, 0) is 23.2 Å². The molecule has 8 nitrogen and oxygen atoms in total. The minimum atomic E-state index is -0.898. The van der Waals surface area contributed by atoms with Gasteiger partial charge in [-0.25, -0.2) is 18.3 Å². The highest BCUT2D eigenvalue weighted by molar-refractivity contribution is 5.90. The molecule has 0 spiro atoms. The second kappa shape index (κ2) is 8.00. The Bertz CT molecular complexity index is 1040. The third-order valence-corrected chi connectivity index (χ3v) is 5.67. The summed E-state index contributed by atoms with van der Waals surface area (Å²) in [6.07, 6.45) is 3.36. The Morgan fingerprint density at radius 2 is 1.87 bits per heavy atom. The number of anilines is 1. The van der Waals surface area contributed by atoms with Gasteiger partial charge >= 0.3 is 5.69 Å². The molecule has 0 bridgehead atoms. The molecule has 0 radical (unpaired) electrons. The summed E-state index contributed by atoms with van der Waals surface area (Å²) in [4.78, 5) is 38.8. The van der Waals surface area contributed by atoms with E-state index >= 15 is 0 Å². The molecule has 1 N–H and O–H groups in total. The smallest absolute Gasteiger partial charge is 0.342 e. The van der Waals surface area contributed by atoms with Crippen molar-refractivity contribution in [3.8, 4) is 0 Å². The second-order valence-electron chi connectivity index (χ2n) is 7.90. The maximum absolute atomic E-state index is 13.7. The molecule has 1 aromatic heterocycles. The first-order valence-electron chi connectivity index (χ1n) is 10.0. The molecule has 1 saturated carbocycles. The Morgan fingerprint density at radius 3 is 2.50 bits per heavy atom. The predicted octanol–water partition coefficient (Wildman–Crippen LogP) is 1.61. The van der Waals surface area contributed by atoms with Gasteiger partial charge in [0.1, 0.15) is 24.0 Å². The fourth-order valence-electron chi connectivity index (χ4n) is 3.83. The first-order valence-corrected chi connectivity index (χ1v) is 10.0. The Kier molecular flexibility index (Phi) is 5.40. The van der Waals surface area contributed by atoms with E-state index in [-0.39, 0.29) is 30.0 Å². The number of nitrogens with zero attached hydrogens (tertiary/aromatic N) is 4. The summed E-state index contributed by atoms with van der Waals surface area (Å²) in [5, 5.41) is 6.64. The SMILES string of the molecule is Cn1c(C2CCN(C(=O)C3CC3)CC2)nn(CC(=O)Nc2ccc(F)cc2F)c1=O. The van der Waals surface area contributed by atoms with Crippen LogP contribution in [0.3, 0.4) is 0 Å². The highest BCUT2D eigenvalue weighted by Crippen LogP contribution is 2.33. The summed E-state index contributed by atoms with van der Waals surface area (Å²) in [6, 6.07) is 2.82. The number of likely N-dealkylation sites (tertiary alicyclic amines) is 1. The van der Waals surface area contributed by atoms with Gasteiger partial charge in [0.25, 0.3) is 0 Å². The minimum Gasteiger partial charge on any atom is -0.342 e. The van der Waals surface area contributed by atoms with Crippen molar-refractivity contribution in [2.75, 3.05) is 18.4 Å². The van der Waals surface area contributed by atoms with Gasteiger partial charge in [-0.2, -0.15) is 5.10 Å². The molecule has 2 heterocycles. The lowest BCUT2D eigenvalue weighted by molar-refractivity contribution is -0.133. The monoisotopic (exact) mass is 419 g/mol. The zero-order valence-electron chi connectivity index (χ0n) is 16.6. The molecule has 1 aliphatic heterocycles. The molecule has 2 aliphatic rings. The van der Waals surface area contributed by atoms with Crippen molar-refractivity contribution in [1.29, 1.82) is 0 Å². The van der Waals surface area contributed by atoms with E-state index in [1.54, 1.807) is 7.05 Å². The topological polar surface area (TPSA) is 89.2 Å². The van der Waals surface area contributed by atoms with Crippen molar-refractivity contribution in [2.45, 2.75) is 38.1 Å². The van der Waals surface area contributed by atoms with Crippen molar-refractivity contribution in [2.24, 2.45) is 13.0 Å². The van der Waals surface area contributed by atoms with E-state index in [0.29, 0.717) is 37.8 Å². The predicted molar refractivity (Wildman–Crippen MR) is 104 cm³/mol. The molecular formula is C20H23F2N5O3. The van der Waals surface area contributed by atoms with Gasteiger partial charge < -0.3 is 10.2 Å². The van der Waals surface area contributed by atoms with E-state index in [9.17, 15) is 23.2 Å². The molecule has 4 rings (SSSR count). The van der Waals surface area contributed by atoms with Crippen LogP contribution in [-0.4, -0.2) is 44.2 Å². The number of hydrogen-bond acceptors (Lipinski definition) is 4. The van der Waals surface area contributed by atoms with Gasteiger partial charge in [0.05, 0.1) is 5.69 Å². The number of aromatic nitrogens is 3. The minimum absolute atomic E-state index is 0.0183. The maximum Gasteiger partial charge on any atom is 0.346 e. The van der Waals surface area contributed by atoms with Crippen molar-refractivity contribution in [3.63, 3.8) is 0 Å². The van der Waals surface area contributed by atoms with Crippen LogP contribution < -0.4 is 11.0 Å². The number of amides is 2. The number of nitrogens with one attached hydrogen (secondary N) is 1. The van der Waals surface area contributed by atoms with Gasteiger partial charge in [-0.15, -0.1) is 0 Å². The largest absolute Gasteiger partial charge is 0.346 e. The average molecular weight is 419 g/mol. The van der Waals surface area contributed by atoms with Crippen LogP contribution >= 0.6 is 0 Å². The lowest BCUT2D eigenvalue weighted by Gasteiger charge is -2.31. The second-order valence-corrected chi connectivity index (χ2v) is 7.90. The van der Waals surface area contributed by atoms with E-state index in [1.807, 2.05) is 4.90 Å². The zero-order valence-corrected chi connectivity index (χ0v) is 16.6. The lowest BCUT2D eigenvalue weighted by Crippen LogP contribution is -2.39. The van der Waals surface area contributed by atoms with Crippen LogP contribution in [0.1, 0.15) is 37.4 Å².